The van der Waals surface area contributed by atoms with Gasteiger partial charge in [0, 0.05) is 33.6 Å². The van der Waals surface area contributed by atoms with E-state index in [0.717, 1.165) is 9.47 Å². The van der Waals surface area contributed by atoms with Crippen molar-refractivity contribution in [1.29, 1.82) is 0 Å². The van der Waals surface area contributed by atoms with Crippen LogP contribution >= 0.6 is 12.4 Å². The highest BCUT2D eigenvalue weighted by Crippen LogP contribution is 2.33. The molecule has 0 radical (unpaired) electrons. The van der Waals surface area contributed by atoms with Gasteiger partial charge in [-0.15, -0.1) is 12.4 Å². The average molecular weight is 299 g/mol. The molecule has 1 aromatic heterocycles. The minimum absolute atomic E-state index is 0. The largest absolute Gasteiger partial charge is 0.449 e. The van der Waals surface area contributed by atoms with E-state index in [4.69, 9.17) is 0 Å². The highest BCUT2D eigenvalue weighted by Gasteiger charge is 2.40. The summed E-state index contributed by atoms with van der Waals surface area (Å²) >= 11 is 0. The Bertz CT molecular complexity index is 486. The van der Waals surface area contributed by atoms with Gasteiger partial charge < -0.3 is 9.88 Å². The zero-order chi connectivity index (χ0) is 13.5. The van der Waals surface area contributed by atoms with Crippen molar-refractivity contribution in [2.75, 3.05) is 18.5 Å². The van der Waals surface area contributed by atoms with Crippen molar-refractivity contribution in [3.8, 4) is 0 Å². The fraction of sp³-hybridized carbons (Fsp3) is 0.600. The molecule has 0 fully saturated rings. The van der Waals surface area contributed by atoms with Gasteiger partial charge in [0.25, 0.3) is 0 Å². The first kappa shape index (κ1) is 15.8. The van der Waals surface area contributed by atoms with Crippen LogP contribution < -0.4 is 10.2 Å². The topological polar surface area (TPSA) is 50.2 Å². The van der Waals surface area contributed by atoms with Crippen molar-refractivity contribution in [3.63, 3.8) is 0 Å². The molecule has 1 aromatic rings. The Hall–Kier alpha value is -1.28. The summed E-state index contributed by atoms with van der Waals surface area (Å²) in [5.74, 6) is -1.22. The van der Waals surface area contributed by atoms with Crippen LogP contribution in [0.25, 0.3) is 0 Å². The summed E-state index contributed by atoms with van der Waals surface area (Å²) in [4.78, 5) is 16.0. The van der Waals surface area contributed by atoms with Gasteiger partial charge in [0.05, 0.1) is 5.69 Å². The zero-order valence-electron chi connectivity index (χ0n) is 10.4. The number of hydrogen-bond acceptors (Lipinski definition) is 3. The highest BCUT2D eigenvalue weighted by molar-refractivity contribution is 5.90. The zero-order valence-corrected chi connectivity index (χ0v) is 11.2. The molecule has 0 aromatic carbocycles. The van der Waals surface area contributed by atoms with Crippen LogP contribution in [0.4, 0.5) is 19.0 Å². The van der Waals surface area contributed by atoms with Crippen LogP contribution in [-0.2, 0) is 24.1 Å². The molecule has 0 atom stereocenters. The number of nitrogens with zero attached hydrogens (tertiary/aromatic N) is 3. The molecular formula is C10H14ClF3N4O. The molecule has 0 aliphatic carbocycles. The minimum Gasteiger partial charge on any atom is -0.320 e. The standard InChI is InChI=1S/C10H13F3N4O.ClH/c1-6(18)16(2)8-7-5-14-3-4-17(7)9(15-8)10(11,12)13;/h14H,3-5H2,1-2H3;1H. The van der Waals surface area contributed by atoms with Gasteiger partial charge in [-0.05, 0) is 0 Å². The van der Waals surface area contributed by atoms with Gasteiger partial charge in [0.15, 0.2) is 5.82 Å². The summed E-state index contributed by atoms with van der Waals surface area (Å²) < 4.78 is 39.7. The first-order chi connectivity index (χ1) is 8.32. The van der Waals surface area contributed by atoms with E-state index in [2.05, 4.69) is 10.3 Å². The number of imidazole rings is 1. The van der Waals surface area contributed by atoms with Crippen molar-refractivity contribution in [2.24, 2.45) is 0 Å². The second-order valence-electron chi connectivity index (χ2n) is 4.11. The van der Waals surface area contributed by atoms with E-state index in [-0.39, 0.29) is 37.2 Å². The number of alkyl halides is 3. The molecule has 0 saturated heterocycles. The van der Waals surface area contributed by atoms with E-state index in [1.807, 2.05) is 0 Å². The Labute approximate surface area is 114 Å². The van der Waals surface area contributed by atoms with Crippen LogP contribution in [0.3, 0.4) is 0 Å². The Balaban J connectivity index is 0.00000180. The number of amides is 1. The van der Waals surface area contributed by atoms with Gasteiger partial charge in [-0.2, -0.15) is 13.2 Å². The minimum atomic E-state index is -4.51. The van der Waals surface area contributed by atoms with Gasteiger partial charge in [-0.25, -0.2) is 4.98 Å². The van der Waals surface area contributed by atoms with Gasteiger partial charge in [-0.1, -0.05) is 0 Å². The lowest BCUT2D eigenvalue weighted by Crippen LogP contribution is -2.32. The number of anilines is 1. The van der Waals surface area contributed by atoms with Crippen LogP contribution in [-0.4, -0.2) is 29.1 Å². The third-order valence-corrected chi connectivity index (χ3v) is 2.90. The van der Waals surface area contributed by atoms with Crippen molar-refractivity contribution in [1.82, 2.24) is 14.9 Å². The van der Waals surface area contributed by atoms with E-state index in [9.17, 15) is 18.0 Å². The number of halogens is 4. The molecule has 0 spiro atoms. The smallest absolute Gasteiger partial charge is 0.320 e. The van der Waals surface area contributed by atoms with E-state index >= 15 is 0 Å². The number of carbonyl (C=O) groups is 1. The monoisotopic (exact) mass is 298 g/mol. The molecule has 5 nitrogen and oxygen atoms in total. The second-order valence-corrected chi connectivity index (χ2v) is 4.11. The van der Waals surface area contributed by atoms with E-state index in [1.54, 1.807) is 0 Å². The predicted molar refractivity (Wildman–Crippen MR) is 65.3 cm³/mol. The van der Waals surface area contributed by atoms with Crippen LogP contribution in [0.2, 0.25) is 0 Å². The maximum Gasteiger partial charge on any atom is 0.449 e. The van der Waals surface area contributed by atoms with Crippen LogP contribution in [0.15, 0.2) is 0 Å². The third-order valence-electron chi connectivity index (χ3n) is 2.90. The van der Waals surface area contributed by atoms with Crippen molar-refractivity contribution < 1.29 is 18.0 Å². The molecule has 1 aliphatic heterocycles. The Kier molecular flexibility index (Phi) is 4.46. The van der Waals surface area contributed by atoms with Crippen molar-refractivity contribution in [2.45, 2.75) is 26.2 Å². The molecule has 0 saturated carbocycles. The number of carbonyl (C=O) groups excluding carboxylic acids is 1. The summed E-state index contributed by atoms with van der Waals surface area (Å²) in [5.41, 5.74) is 0.395. The Morgan fingerprint density at radius 3 is 2.63 bits per heavy atom. The summed E-state index contributed by atoms with van der Waals surface area (Å²) in [6.45, 7) is 2.21. The highest BCUT2D eigenvalue weighted by atomic mass is 35.5. The molecule has 2 heterocycles. The van der Waals surface area contributed by atoms with E-state index in [1.165, 1.54) is 14.0 Å². The summed E-state index contributed by atoms with van der Waals surface area (Å²) in [5, 5.41) is 2.97. The maximum atomic E-state index is 12.8. The Morgan fingerprint density at radius 2 is 2.11 bits per heavy atom. The third kappa shape index (κ3) is 2.84. The predicted octanol–water partition coefficient (Wildman–Crippen LogP) is 1.41. The molecular weight excluding hydrogens is 285 g/mol. The molecule has 1 aliphatic rings. The van der Waals surface area contributed by atoms with E-state index in [0.29, 0.717) is 12.2 Å². The average Bonchev–Trinajstić information content (AvgIpc) is 2.66. The first-order valence-corrected chi connectivity index (χ1v) is 5.44. The molecule has 9 heteroatoms. The summed E-state index contributed by atoms with van der Waals surface area (Å²) in [6, 6.07) is 0. The number of aromatic nitrogens is 2. The Morgan fingerprint density at radius 1 is 1.47 bits per heavy atom. The van der Waals surface area contributed by atoms with Crippen LogP contribution in [0, 0.1) is 0 Å². The van der Waals surface area contributed by atoms with Gasteiger partial charge >= 0.3 is 6.18 Å². The number of hydrogen-bond donors (Lipinski definition) is 1. The van der Waals surface area contributed by atoms with Crippen LogP contribution in [0.5, 0.6) is 0 Å². The summed E-state index contributed by atoms with van der Waals surface area (Å²) in [7, 11) is 1.42. The molecule has 1 amide bonds. The van der Waals surface area contributed by atoms with Crippen molar-refractivity contribution >= 4 is 24.1 Å². The molecule has 0 unspecified atom stereocenters. The summed E-state index contributed by atoms with van der Waals surface area (Å²) in [6.07, 6.45) is -4.51. The maximum absolute atomic E-state index is 12.8. The molecule has 19 heavy (non-hydrogen) atoms. The van der Waals surface area contributed by atoms with E-state index < -0.39 is 12.0 Å². The fourth-order valence-electron chi connectivity index (χ4n) is 1.92. The first-order valence-electron chi connectivity index (χ1n) is 5.44. The second kappa shape index (κ2) is 5.38. The molecule has 108 valence electrons. The number of fused-ring (bicyclic) bond motifs is 1. The van der Waals surface area contributed by atoms with Gasteiger partial charge in [0.2, 0.25) is 11.7 Å². The quantitative estimate of drug-likeness (QED) is 0.853. The van der Waals surface area contributed by atoms with Crippen molar-refractivity contribution in [3.05, 3.63) is 11.5 Å². The van der Waals surface area contributed by atoms with Gasteiger partial charge in [-0.3, -0.25) is 9.69 Å². The van der Waals surface area contributed by atoms with Crippen LogP contribution in [0.1, 0.15) is 18.4 Å². The lowest BCUT2D eigenvalue weighted by molar-refractivity contribution is -0.147. The number of rotatable bonds is 1. The fourth-order valence-corrected chi connectivity index (χ4v) is 1.92. The molecule has 1 N–H and O–H groups in total. The lowest BCUT2D eigenvalue weighted by Gasteiger charge is -2.20. The lowest BCUT2D eigenvalue weighted by atomic mass is 10.3. The molecule has 2 rings (SSSR count). The normalized spacial score (nSPS) is 14.6. The molecule has 0 bridgehead atoms. The number of nitrogens with one attached hydrogen (secondary N) is 1. The SMILES string of the molecule is CC(=O)N(C)c1nc(C(F)(F)F)n2c1CNCC2.Cl. The van der Waals surface area contributed by atoms with Gasteiger partial charge in [0.1, 0.15) is 0 Å².